The number of nitro groups is 1. The van der Waals surface area contributed by atoms with Gasteiger partial charge in [0, 0.05) is 0 Å². The third-order valence-corrected chi connectivity index (χ3v) is 1.50. The molecule has 0 unspecified atom stereocenters. The second-order valence-electron chi connectivity index (χ2n) is 2.45. The van der Waals surface area contributed by atoms with Gasteiger partial charge in [-0.25, -0.2) is 20.2 Å². The number of hydrazine groups is 1. The van der Waals surface area contributed by atoms with Crippen molar-refractivity contribution in [2.75, 3.05) is 18.3 Å². The first-order valence-electron chi connectivity index (χ1n) is 3.91. The van der Waals surface area contributed by atoms with Crippen LogP contribution in [0.2, 0.25) is 0 Å². The summed E-state index contributed by atoms with van der Waals surface area (Å²) in [7, 11) is 1.14. The van der Waals surface area contributed by atoms with Crippen molar-refractivity contribution in [1.82, 2.24) is 15.4 Å². The van der Waals surface area contributed by atoms with Crippen LogP contribution >= 0.6 is 0 Å². The normalized spacial score (nSPS) is 9.31. The number of ether oxygens (including phenoxy) is 1. The van der Waals surface area contributed by atoms with Gasteiger partial charge in [-0.3, -0.25) is 15.5 Å². The fourth-order valence-electron chi connectivity index (χ4n) is 0.825. The molecule has 1 amide bonds. The monoisotopic (exact) mass is 228 g/mol. The first kappa shape index (κ1) is 11.4. The largest absolute Gasteiger partial charge is 0.452 e. The highest BCUT2D eigenvalue weighted by Crippen LogP contribution is 2.25. The molecule has 4 N–H and O–H groups in total. The molecule has 0 saturated carbocycles. The van der Waals surface area contributed by atoms with Crippen molar-refractivity contribution in [1.29, 1.82) is 0 Å². The van der Waals surface area contributed by atoms with Crippen LogP contribution in [0, 0.1) is 10.1 Å². The van der Waals surface area contributed by atoms with Crippen molar-refractivity contribution in [3.05, 3.63) is 16.4 Å². The Morgan fingerprint density at radius 1 is 1.62 bits per heavy atom. The zero-order chi connectivity index (χ0) is 12.1. The molecule has 1 aromatic heterocycles. The maximum absolute atomic E-state index is 10.7. The lowest BCUT2D eigenvalue weighted by Crippen LogP contribution is -2.30. The van der Waals surface area contributed by atoms with Crippen LogP contribution in [-0.4, -0.2) is 28.1 Å². The Hall–Kier alpha value is -2.65. The number of carbonyl (C=O) groups excluding carboxylic acids is 1. The van der Waals surface area contributed by atoms with Gasteiger partial charge in [-0.15, -0.1) is 0 Å². The van der Waals surface area contributed by atoms with Gasteiger partial charge in [0.05, 0.1) is 12.0 Å². The number of nitrogen functional groups attached to an aromatic ring is 1. The Morgan fingerprint density at radius 2 is 2.31 bits per heavy atom. The van der Waals surface area contributed by atoms with Crippen molar-refractivity contribution in [3.8, 4) is 0 Å². The van der Waals surface area contributed by atoms with E-state index in [0.29, 0.717) is 0 Å². The predicted octanol–water partition coefficient (Wildman–Crippen LogP) is -0.350. The predicted molar refractivity (Wildman–Crippen MR) is 52.3 cm³/mol. The van der Waals surface area contributed by atoms with Crippen LogP contribution in [0.15, 0.2) is 6.33 Å². The zero-order valence-corrected chi connectivity index (χ0v) is 8.13. The standard InChI is InChI=1S/C6H8N6O4/c1-16-6(13)11-10-5-3(12(14)15)4(7)8-2-9-5/h2H,1H3,(H,11,13)(H3,7,8,9,10). The molecule has 0 fully saturated rings. The second kappa shape index (κ2) is 4.72. The summed E-state index contributed by atoms with van der Waals surface area (Å²) in [4.78, 5) is 27.6. The fourth-order valence-corrected chi connectivity index (χ4v) is 0.825. The van der Waals surface area contributed by atoms with Crippen LogP contribution < -0.4 is 16.6 Å². The molecule has 16 heavy (non-hydrogen) atoms. The lowest BCUT2D eigenvalue weighted by Gasteiger charge is -2.06. The van der Waals surface area contributed by atoms with Crippen molar-refractivity contribution in [2.45, 2.75) is 0 Å². The van der Waals surface area contributed by atoms with Crippen LogP contribution in [0.4, 0.5) is 22.1 Å². The minimum atomic E-state index is -0.827. The molecule has 0 aliphatic heterocycles. The van der Waals surface area contributed by atoms with E-state index in [9.17, 15) is 14.9 Å². The average Bonchev–Trinajstić information content (AvgIpc) is 2.25. The molecule has 0 aliphatic carbocycles. The van der Waals surface area contributed by atoms with E-state index in [1.807, 2.05) is 5.43 Å². The highest BCUT2D eigenvalue weighted by atomic mass is 16.6. The first-order valence-corrected chi connectivity index (χ1v) is 3.91. The summed E-state index contributed by atoms with van der Waals surface area (Å²) in [6.45, 7) is 0. The molecule has 1 rings (SSSR count). The summed E-state index contributed by atoms with van der Waals surface area (Å²) in [5.74, 6) is -0.544. The van der Waals surface area contributed by atoms with E-state index in [-0.39, 0.29) is 11.6 Å². The summed E-state index contributed by atoms with van der Waals surface area (Å²) >= 11 is 0. The van der Waals surface area contributed by atoms with E-state index in [1.165, 1.54) is 0 Å². The van der Waals surface area contributed by atoms with Crippen molar-refractivity contribution in [2.24, 2.45) is 0 Å². The average molecular weight is 228 g/mol. The number of hydrogen-bond donors (Lipinski definition) is 3. The minimum Gasteiger partial charge on any atom is -0.452 e. The Bertz CT molecular complexity index is 421. The summed E-state index contributed by atoms with van der Waals surface area (Å²) in [5, 5.41) is 10.6. The van der Waals surface area contributed by atoms with E-state index in [1.54, 1.807) is 0 Å². The molecule has 0 atom stereocenters. The Kier molecular flexibility index (Phi) is 3.37. The van der Waals surface area contributed by atoms with Crippen LogP contribution in [0.1, 0.15) is 0 Å². The molecule has 10 heteroatoms. The molecular weight excluding hydrogens is 220 g/mol. The Balaban J connectivity index is 2.91. The minimum absolute atomic E-state index is 0.233. The van der Waals surface area contributed by atoms with E-state index in [0.717, 1.165) is 13.4 Å². The number of aromatic nitrogens is 2. The number of nitrogens with zero attached hydrogens (tertiary/aromatic N) is 3. The zero-order valence-electron chi connectivity index (χ0n) is 8.13. The third-order valence-electron chi connectivity index (χ3n) is 1.50. The molecule has 10 nitrogen and oxygen atoms in total. The van der Waals surface area contributed by atoms with Crippen LogP contribution in [0.25, 0.3) is 0 Å². The van der Waals surface area contributed by atoms with Crippen molar-refractivity contribution < 1.29 is 14.5 Å². The fraction of sp³-hybridized carbons (Fsp3) is 0.167. The van der Waals surface area contributed by atoms with Gasteiger partial charge in [0.15, 0.2) is 0 Å². The number of hydrogen-bond acceptors (Lipinski definition) is 8. The highest BCUT2D eigenvalue weighted by Gasteiger charge is 2.21. The maximum Gasteiger partial charge on any atom is 0.425 e. The Morgan fingerprint density at radius 3 is 2.88 bits per heavy atom. The molecule has 0 spiro atoms. The summed E-state index contributed by atoms with van der Waals surface area (Å²) in [5.41, 5.74) is 8.95. The van der Waals surface area contributed by atoms with E-state index >= 15 is 0 Å². The lowest BCUT2D eigenvalue weighted by molar-refractivity contribution is -0.383. The lowest BCUT2D eigenvalue weighted by atomic mass is 10.4. The van der Waals surface area contributed by atoms with Gasteiger partial charge in [0.25, 0.3) is 0 Å². The van der Waals surface area contributed by atoms with Gasteiger partial charge in [0.1, 0.15) is 6.33 Å². The third kappa shape index (κ3) is 2.43. The molecule has 0 aliphatic rings. The van der Waals surface area contributed by atoms with E-state index in [4.69, 9.17) is 5.73 Å². The smallest absolute Gasteiger partial charge is 0.425 e. The molecular formula is C6H8N6O4. The highest BCUT2D eigenvalue weighted by molar-refractivity contribution is 5.72. The number of rotatable bonds is 3. The SMILES string of the molecule is COC(=O)NNc1ncnc(N)c1[N+](=O)[O-]. The molecule has 1 heterocycles. The molecule has 86 valence electrons. The van der Waals surface area contributed by atoms with Crippen LogP contribution in [0.5, 0.6) is 0 Å². The van der Waals surface area contributed by atoms with Gasteiger partial charge < -0.3 is 10.5 Å². The molecule has 0 radical (unpaired) electrons. The number of nitrogens with two attached hydrogens (primary N) is 1. The molecule has 0 aromatic carbocycles. The summed E-state index contributed by atoms with van der Waals surface area (Å²) in [6.07, 6.45) is 0.190. The number of amides is 1. The number of anilines is 2. The number of carbonyl (C=O) groups is 1. The van der Waals surface area contributed by atoms with E-state index < -0.39 is 16.7 Å². The number of methoxy groups -OCH3 is 1. The maximum atomic E-state index is 10.7. The van der Waals surface area contributed by atoms with Crippen LogP contribution in [-0.2, 0) is 4.74 Å². The van der Waals surface area contributed by atoms with Crippen molar-refractivity contribution >= 4 is 23.4 Å². The molecule has 0 saturated heterocycles. The van der Waals surface area contributed by atoms with Gasteiger partial charge in [-0.1, -0.05) is 0 Å². The van der Waals surface area contributed by atoms with Gasteiger partial charge in [0.2, 0.25) is 11.6 Å². The van der Waals surface area contributed by atoms with E-state index in [2.05, 4.69) is 20.1 Å². The quantitative estimate of drug-likeness (QED) is 0.470. The number of nitrogens with one attached hydrogen (secondary N) is 2. The van der Waals surface area contributed by atoms with Gasteiger partial charge >= 0.3 is 11.8 Å². The molecule has 0 bridgehead atoms. The van der Waals surface area contributed by atoms with Crippen molar-refractivity contribution in [3.63, 3.8) is 0 Å². The molecule has 1 aromatic rings. The summed E-state index contributed by atoms with van der Waals surface area (Å²) in [6, 6.07) is 0. The first-order chi connectivity index (χ1) is 7.56. The van der Waals surface area contributed by atoms with Gasteiger partial charge in [-0.05, 0) is 0 Å². The Labute approximate surface area is 88.9 Å². The van der Waals surface area contributed by atoms with Crippen LogP contribution in [0.3, 0.4) is 0 Å². The summed E-state index contributed by atoms with van der Waals surface area (Å²) < 4.78 is 4.25. The topological polar surface area (TPSA) is 145 Å². The second-order valence-corrected chi connectivity index (χ2v) is 2.45. The van der Waals surface area contributed by atoms with Gasteiger partial charge in [-0.2, -0.15) is 0 Å².